The molecule has 0 unspecified atom stereocenters. The van der Waals surface area contributed by atoms with Crippen molar-refractivity contribution in [3.8, 4) is 5.75 Å². The van der Waals surface area contributed by atoms with Gasteiger partial charge in [-0.25, -0.2) is 9.29 Å². The Morgan fingerprint density at radius 3 is 2.62 bits per heavy atom. The first-order chi connectivity index (χ1) is 11.6. The number of nitrogens with zero attached hydrogens (tertiary/aromatic N) is 1. The average Bonchev–Trinajstić information content (AvgIpc) is 2.84. The predicted molar refractivity (Wildman–Crippen MR) is 88.5 cm³/mol. The van der Waals surface area contributed by atoms with Crippen molar-refractivity contribution in [2.45, 2.75) is 19.4 Å². The van der Waals surface area contributed by atoms with Gasteiger partial charge in [0.2, 0.25) is 5.91 Å². The Kier molecular flexibility index (Phi) is 4.46. The summed E-state index contributed by atoms with van der Waals surface area (Å²) in [5, 5.41) is 3.03. The molecule has 5 nitrogen and oxygen atoms in total. The van der Waals surface area contributed by atoms with E-state index in [1.165, 1.54) is 18.2 Å². The zero-order valence-corrected chi connectivity index (χ0v) is 13.2. The van der Waals surface area contributed by atoms with Gasteiger partial charge in [-0.05, 0) is 31.2 Å². The number of benzene rings is 2. The lowest BCUT2D eigenvalue weighted by molar-refractivity contribution is -0.121. The number of hydrogen-bond acceptors (Lipinski definition) is 4. The molecule has 0 bridgehead atoms. The Hall–Kier alpha value is -2.89. The monoisotopic (exact) mass is 328 g/mol. The maximum absolute atomic E-state index is 13.9. The van der Waals surface area contributed by atoms with Gasteiger partial charge in [0, 0.05) is 0 Å². The van der Waals surface area contributed by atoms with E-state index in [-0.39, 0.29) is 12.1 Å². The Balaban J connectivity index is 1.84. The highest BCUT2D eigenvalue weighted by atomic mass is 19.1. The molecule has 1 saturated heterocycles. The van der Waals surface area contributed by atoms with Crippen molar-refractivity contribution in [2.24, 2.45) is 0 Å². The molecule has 1 aliphatic rings. The van der Waals surface area contributed by atoms with Gasteiger partial charge in [0.1, 0.15) is 17.6 Å². The summed E-state index contributed by atoms with van der Waals surface area (Å²) in [6, 6.07) is 12.2. The maximum atomic E-state index is 13.9. The normalized spacial score (nSPS) is 17.2. The highest BCUT2D eigenvalue weighted by molar-refractivity contribution is 6.23. The van der Waals surface area contributed by atoms with Crippen LogP contribution >= 0.6 is 0 Å². The van der Waals surface area contributed by atoms with Gasteiger partial charge < -0.3 is 10.1 Å². The van der Waals surface area contributed by atoms with Crippen LogP contribution in [0.2, 0.25) is 0 Å². The van der Waals surface area contributed by atoms with Crippen molar-refractivity contribution in [3.63, 3.8) is 0 Å². The summed E-state index contributed by atoms with van der Waals surface area (Å²) < 4.78 is 19.4. The molecular formula is C18H17FN2O3. The molecule has 2 aromatic rings. The Bertz CT molecular complexity index is 778. The first kappa shape index (κ1) is 16.0. The number of rotatable bonds is 5. The van der Waals surface area contributed by atoms with Gasteiger partial charge in [-0.2, -0.15) is 0 Å². The number of anilines is 2. The Morgan fingerprint density at radius 2 is 1.88 bits per heavy atom. The van der Waals surface area contributed by atoms with E-state index in [0.717, 1.165) is 4.90 Å². The molecule has 1 aliphatic heterocycles. The number of amides is 2. The van der Waals surface area contributed by atoms with E-state index in [4.69, 9.17) is 4.74 Å². The number of imide groups is 1. The van der Waals surface area contributed by atoms with Gasteiger partial charge >= 0.3 is 0 Å². The first-order valence-electron chi connectivity index (χ1n) is 7.71. The highest BCUT2D eigenvalue weighted by Gasteiger charge is 2.40. The van der Waals surface area contributed by atoms with Crippen molar-refractivity contribution in [3.05, 3.63) is 54.3 Å². The molecule has 1 fully saturated rings. The zero-order chi connectivity index (χ0) is 17.1. The summed E-state index contributed by atoms with van der Waals surface area (Å²) >= 11 is 0. The van der Waals surface area contributed by atoms with E-state index in [2.05, 4.69) is 5.32 Å². The van der Waals surface area contributed by atoms with Gasteiger partial charge in [0.15, 0.2) is 0 Å². The minimum Gasteiger partial charge on any atom is -0.492 e. The zero-order valence-electron chi connectivity index (χ0n) is 13.2. The summed E-state index contributed by atoms with van der Waals surface area (Å²) in [6.07, 6.45) is -0.0341. The van der Waals surface area contributed by atoms with Crippen LogP contribution in [0, 0.1) is 5.82 Å². The van der Waals surface area contributed by atoms with Crippen LogP contribution in [0.3, 0.4) is 0 Å². The molecule has 0 aromatic heterocycles. The molecule has 0 spiro atoms. The third-order valence-electron chi connectivity index (χ3n) is 3.76. The number of halogens is 1. The van der Waals surface area contributed by atoms with E-state index in [9.17, 15) is 14.0 Å². The molecule has 2 aromatic carbocycles. The number of carbonyl (C=O) groups is 2. The minimum absolute atomic E-state index is 0.0186. The molecule has 6 heteroatoms. The smallest absolute Gasteiger partial charge is 0.256 e. The maximum Gasteiger partial charge on any atom is 0.256 e. The molecule has 1 heterocycles. The molecule has 0 saturated carbocycles. The molecule has 1 atom stereocenters. The fourth-order valence-electron chi connectivity index (χ4n) is 2.69. The van der Waals surface area contributed by atoms with Crippen molar-refractivity contribution in [2.75, 3.05) is 16.8 Å². The molecule has 124 valence electrons. The Labute approximate surface area is 139 Å². The topological polar surface area (TPSA) is 58.6 Å². The SMILES string of the molecule is CCOc1ccccc1N[C@H]1CC(=O)N(c2ccccc2F)C1=O. The van der Waals surface area contributed by atoms with Crippen LogP contribution in [0.1, 0.15) is 13.3 Å². The minimum atomic E-state index is -0.751. The fourth-order valence-corrected chi connectivity index (χ4v) is 2.69. The summed E-state index contributed by atoms with van der Waals surface area (Å²) in [5.41, 5.74) is 0.607. The summed E-state index contributed by atoms with van der Waals surface area (Å²) in [7, 11) is 0. The van der Waals surface area contributed by atoms with Crippen LogP contribution in [0.15, 0.2) is 48.5 Å². The van der Waals surface area contributed by atoms with E-state index in [1.54, 1.807) is 24.3 Å². The van der Waals surface area contributed by atoms with Gasteiger partial charge in [-0.3, -0.25) is 9.59 Å². The molecule has 3 rings (SSSR count). The molecular weight excluding hydrogens is 311 g/mol. The van der Waals surface area contributed by atoms with Gasteiger partial charge in [0.05, 0.1) is 24.4 Å². The van der Waals surface area contributed by atoms with Crippen LogP contribution in [0.4, 0.5) is 15.8 Å². The Morgan fingerprint density at radius 1 is 1.17 bits per heavy atom. The quantitative estimate of drug-likeness (QED) is 0.857. The van der Waals surface area contributed by atoms with Crippen LogP contribution in [0.5, 0.6) is 5.75 Å². The number of nitrogens with one attached hydrogen (secondary N) is 1. The second kappa shape index (κ2) is 6.70. The van der Waals surface area contributed by atoms with Crippen LogP contribution in [-0.2, 0) is 9.59 Å². The lowest BCUT2D eigenvalue weighted by Gasteiger charge is -2.18. The van der Waals surface area contributed by atoms with Crippen LogP contribution in [-0.4, -0.2) is 24.5 Å². The average molecular weight is 328 g/mol. The number of para-hydroxylation sites is 3. The third kappa shape index (κ3) is 2.95. The second-order valence-electron chi connectivity index (χ2n) is 5.35. The van der Waals surface area contributed by atoms with Gasteiger partial charge in [-0.15, -0.1) is 0 Å². The number of ether oxygens (including phenoxy) is 1. The highest BCUT2D eigenvalue weighted by Crippen LogP contribution is 2.30. The van der Waals surface area contributed by atoms with Crippen LogP contribution in [0.25, 0.3) is 0 Å². The molecule has 24 heavy (non-hydrogen) atoms. The molecule has 2 amide bonds. The van der Waals surface area contributed by atoms with E-state index >= 15 is 0 Å². The standard InChI is InChI=1S/C18H17FN2O3/c1-2-24-16-10-6-4-8-13(16)20-14-11-17(22)21(18(14)23)15-9-5-3-7-12(15)19/h3-10,14,20H,2,11H2,1H3/t14-/m0/s1. The second-order valence-corrected chi connectivity index (χ2v) is 5.35. The van der Waals surface area contributed by atoms with E-state index < -0.39 is 23.7 Å². The van der Waals surface area contributed by atoms with E-state index in [0.29, 0.717) is 18.0 Å². The molecule has 0 aliphatic carbocycles. The largest absolute Gasteiger partial charge is 0.492 e. The molecule has 1 N–H and O–H groups in total. The van der Waals surface area contributed by atoms with Gasteiger partial charge in [0.25, 0.3) is 5.91 Å². The number of hydrogen-bond donors (Lipinski definition) is 1. The lowest BCUT2D eigenvalue weighted by Crippen LogP contribution is -2.35. The summed E-state index contributed by atoms with van der Waals surface area (Å²) in [4.78, 5) is 25.7. The van der Waals surface area contributed by atoms with E-state index in [1.807, 2.05) is 13.0 Å². The fraction of sp³-hybridized carbons (Fsp3) is 0.222. The van der Waals surface area contributed by atoms with Crippen LogP contribution < -0.4 is 15.0 Å². The van der Waals surface area contributed by atoms with Gasteiger partial charge in [-0.1, -0.05) is 24.3 Å². The molecule has 0 radical (unpaired) electrons. The third-order valence-corrected chi connectivity index (χ3v) is 3.76. The first-order valence-corrected chi connectivity index (χ1v) is 7.71. The predicted octanol–water partition coefficient (Wildman–Crippen LogP) is 2.97. The van der Waals surface area contributed by atoms with Crippen molar-refractivity contribution < 1.29 is 18.7 Å². The van der Waals surface area contributed by atoms with Crippen molar-refractivity contribution >= 4 is 23.2 Å². The van der Waals surface area contributed by atoms with Crippen molar-refractivity contribution in [1.82, 2.24) is 0 Å². The number of carbonyl (C=O) groups excluding carboxylic acids is 2. The summed E-state index contributed by atoms with van der Waals surface area (Å²) in [5.74, 6) is -0.910. The lowest BCUT2D eigenvalue weighted by atomic mass is 10.2. The van der Waals surface area contributed by atoms with Crippen molar-refractivity contribution in [1.29, 1.82) is 0 Å². The summed E-state index contributed by atoms with van der Waals surface area (Å²) in [6.45, 7) is 2.35.